The van der Waals surface area contributed by atoms with Gasteiger partial charge in [0.15, 0.2) is 5.69 Å². The van der Waals surface area contributed by atoms with Crippen molar-refractivity contribution in [3.63, 3.8) is 0 Å². The van der Waals surface area contributed by atoms with Gasteiger partial charge in [-0.05, 0) is 60.3 Å². The largest absolute Gasteiger partial charge is 0.497 e. The Labute approximate surface area is 194 Å². The number of aromatic nitrogens is 2. The molecule has 2 aromatic carbocycles. The van der Waals surface area contributed by atoms with Crippen molar-refractivity contribution in [1.82, 2.24) is 10.2 Å². The Morgan fingerprint density at radius 3 is 2.52 bits per heavy atom. The maximum absolute atomic E-state index is 13.5. The number of fused-ring (bicyclic) bond motifs is 1. The van der Waals surface area contributed by atoms with Gasteiger partial charge in [0.05, 0.1) is 35.9 Å². The van der Waals surface area contributed by atoms with Crippen LogP contribution in [0.3, 0.4) is 0 Å². The third-order valence-corrected chi connectivity index (χ3v) is 6.50. The van der Waals surface area contributed by atoms with E-state index in [0.29, 0.717) is 23.6 Å². The Bertz CT molecular complexity index is 1290. The van der Waals surface area contributed by atoms with Crippen LogP contribution >= 0.6 is 11.3 Å². The second-order valence-corrected chi connectivity index (χ2v) is 8.40. The molecule has 166 valence electrons. The summed E-state index contributed by atoms with van der Waals surface area (Å²) in [5.74, 6) is 0.143. The third kappa shape index (κ3) is 3.58. The van der Waals surface area contributed by atoms with Gasteiger partial charge >= 0.3 is 5.97 Å². The van der Waals surface area contributed by atoms with E-state index in [1.54, 1.807) is 54.5 Å². The van der Waals surface area contributed by atoms with Crippen molar-refractivity contribution in [2.75, 3.05) is 18.6 Å². The number of carbonyl (C=O) groups excluding carboxylic acids is 2. The first-order valence-electron chi connectivity index (χ1n) is 10.5. The number of nitrogens with zero attached hydrogens (tertiary/aromatic N) is 2. The number of thiophene rings is 1. The van der Waals surface area contributed by atoms with Gasteiger partial charge in [-0.3, -0.25) is 14.8 Å². The summed E-state index contributed by atoms with van der Waals surface area (Å²) < 4.78 is 10.4. The van der Waals surface area contributed by atoms with Gasteiger partial charge in [0.1, 0.15) is 5.75 Å². The van der Waals surface area contributed by atoms with Crippen molar-refractivity contribution in [3.8, 4) is 16.3 Å². The average Bonchev–Trinajstić information content (AvgIpc) is 3.57. The van der Waals surface area contributed by atoms with E-state index in [1.165, 1.54) is 0 Å². The lowest BCUT2D eigenvalue weighted by Gasteiger charge is -2.26. The first-order chi connectivity index (χ1) is 16.1. The SMILES string of the molecule is CCOC(=O)c1ccc(N2C(=O)c3n[nH]c(-c4cccs4)c3[C@H]2c2ccc(OC)cc2)cc1. The fraction of sp³-hybridized carbons (Fsp3) is 0.160. The maximum Gasteiger partial charge on any atom is 0.338 e. The van der Waals surface area contributed by atoms with Crippen LogP contribution in [0.1, 0.15) is 44.9 Å². The number of nitrogens with one attached hydrogen (secondary N) is 1. The van der Waals surface area contributed by atoms with Crippen LogP contribution in [0.15, 0.2) is 66.0 Å². The van der Waals surface area contributed by atoms with Gasteiger partial charge in [0.2, 0.25) is 0 Å². The van der Waals surface area contributed by atoms with Crippen molar-refractivity contribution in [2.45, 2.75) is 13.0 Å². The van der Waals surface area contributed by atoms with Gasteiger partial charge in [-0.25, -0.2) is 4.79 Å². The fourth-order valence-electron chi connectivity index (χ4n) is 4.09. The van der Waals surface area contributed by atoms with Gasteiger partial charge in [0.25, 0.3) is 5.91 Å². The summed E-state index contributed by atoms with van der Waals surface area (Å²) in [6.45, 7) is 2.07. The molecule has 0 unspecified atom stereocenters. The molecule has 0 saturated carbocycles. The molecule has 0 bridgehead atoms. The number of hydrogen-bond donors (Lipinski definition) is 1. The van der Waals surface area contributed by atoms with E-state index in [-0.39, 0.29) is 11.9 Å². The molecule has 0 fully saturated rings. The van der Waals surface area contributed by atoms with Crippen molar-refractivity contribution in [2.24, 2.45) is 0 Å². The van der Waals surface area contributed by atoms with E-state index >= 15 is 0 Å². The number of H-pyrrole nitrogens is 1. The Hall–Kier alpha value is -3.91. The van der Waals surface area contributed by atoms with E-state index < -0.39 is 5.97 Å². The highest BCUT2D eigenvalue weighted by Crippen LogP contribution is 2.45. The normalized spacial score (nSPS) is 14.9. The number of carbonyl (C=O) groups is 2. The predicted octanol–water partition coefficient (Wildman–Crippen LogP) is 5.07. The molecular formula is C25H21N3O4S. The van der Waals surface area contributed by atoms with Crippen molar-refractivity contribution in [3.05, 3.63) is 88.4 Å². The zero-order valence-electron chi connectivity index (χ0n) is 18.1. The number of rotatable bonds is 6. The van der Waals surface area contributed by atoms with Crippen LogP contribution < -0.4 is 9.64 Å². The lowest BCUT2D eigenvalue weighted by atomic mass is 9.97. The molecule has 1 aliphatic heterocycles. The van der Waals surface area contributed by atoms with E-state index in [0.717, 1.165) is 27.4 Å². The van der Waals surface area contributed by atoms with Gasteiger partial charge in [-0.15, -0.1) is 11.3 Å². The topological polar surface area (TPSA) is 84.5 Å². The first kappa shape index (κ1) is 21.0. The monoisotopic (exact) mass is 459 g/mol. The van der Waals surface area contributed by atoms with Gasteiger partial charge in [-0.2, -0.15) is 5.10 Å². The Morgan fingerprint density at radius 1 is 1.12 bits per heavy atom. The Kier molecular flexibility index (Phi) is 5.43. The van der Waals surface area contributed by atoms with Crippen molar-refractivity contribution >= 4 is 28.9 Å². The molecule has 0 saturated heterocycles. The summed E-state index contributed by atoms with van der Waals surface area (Å²) in [4.78, 5) is 28.3. The number of ether oxygens (including phenoxy) is 2. The standard InChI is InChI=1S/C25H21N3O4S/c1-3-32-25(30)16-6-10-17(11-7-16)28-23(15-8-12-18(31-2)13-9-15)20-21(19-5-4-14-33-19)26-27-22(20)24(28)29/h4-14,23H,3H2,1-2H3,(H,26,27)/t23-/m1/s1. The molecule has 3 heterocycles. The number of amides is 1. The molecule has 0 spiro atoms. The number of esters is 1. The highest BCUT2D eigenvalue weighted by Gasteiger charge is 2.43. The molecule has 1 atom stereocenters. The maximum atomic E-state index is 13.5. The van der Waals surface area contributed by atoms with Gasteiger partial charge < -0.3 is 9.47 Å². The molecule has 1 N–H and O–H groups in total. The number of aromatic amines is 1. The molecule has 5 rings (SSSR count). The molecule has 33 heavy (non-hydrogen) atoms. The minimum absolute atomic E-state index is 0.200. The fourth-order valence-corrected chi connectivity index (χ4v) is 4.82. The average molecular weight is 460 g/mol. The molecule has 8 heteroatoms. The Balaban J connectivity index is 1.62. The second kappa shape index (κ2) is 8.55. The van der Waals surface area contributed by atoms with E-state index in [1.807, 2.05) is 41.8 Å². The minimum Gasteiger partial charge on any atom is -0.497 e. The second-order valence-electron chi connectivity index (χ2n) is 7.46. The van der Waals surface area contributed by atoms with Gasteiger partial charge in [0, 0.05) is 11.3 Å². The molecule has 0 radical (unpaired) electrons. The van der Waals surface area contributed by atoms with Crippen LogP contribution in [-0.4, -0.2) is 35.8 Å². The molecule has 7 nitrogen and oxygen atoms in total. The number of hydrogen-bond acceptors (Lipinski definition) is 6. The summed E-state index contributed by atoms with van der Waals surface area (Å²) in [5, 5.41) is 9.44. The van der Waals surface area contributed by atoms with Crippen LogP contribution in [0.4, 0.5) is 5.69 Å². The zero-order valence-corrected chi connectivity index (χ0v) is 18.9. The highest BCUT2D eigenvalue weighted by molar-refractivity contribution is 7.13. The van der Waals surface area contributed by atoms with Crippen LogP contribution in [-0.2, 0) is 4.74 Å². The first-order valence-corrected chi connectivity index (χ1v) is 11.4. The predicted molar refractivity (Wildman–Crippen MR) is 126 cm³/mol. The number of benzene rings is 2. The van der Waals surface area contributed by atoms with E-state index in [2.05, 4.69) is 10.2 Å². The molecule has 2 aromatic heterocycles. The third-order valence-electron chi connectivity index (χ3n) is 5.61. The summed E-state index contributed by atoms with van der Waals surface area (Å²) >= 11 is 1.59. The summed E-state index contributed by atoms with van der Waals surface area (Å²) in [7, 11) is 1.62. The quantitative estimate of drug-likeness (QED) is 0.407. The number of anilines is 1. The van der Waals surface area contributed by atoms with Crippen LogP contribution in [0.5, 0.6) is 5.75 Å². The van der Waals surface area contributed by atoms with E-state index in [9.17, 15) is 9.59 Å². The zero-order chi connectivity index (χ0) is 22.9. The smallest absolute Gasteiger partial charge is 0.338 e. The van der Waals surface area contributed by atoms with Gasteiger partial charge in [-0.1, -0.05) is 18.2 Å². The van der Waals surface area contributed by atoms with Crippen LogP contribution in [0.2, 0.25) is 0 Å². The van der Waals surface area contributed by atoms with Crippen LogP contribution in [0.25, 0.3) is 10.6 Å². The molecule has 4 aromatic rings. The lowest BCUT2D eigenvalue weighted by molar-refractivity contribution is 0.0526. The summed E-state index contributed by atoms with van der Waals surface area (Å²) in [6, 6.07) is 18.1. The number of methoxy groups -OCH3 is 1. The molecule has 1 amide bonds. The van der Waals surface area contributed by atoms with Crippen molar-refractivity contribution in [1.29, 1.82) is 0 Å². The minimum atomic E-state index is -0.392. The van der Waals surface area contributed by atoms with Crippen molar-refractivity contribution < 1.29 is 19.1 Å². The summed E-state index contributed by atoms with van der Waals surface area (Å²) in [6.07, 6.45) is 0. The highest BCUT2D eigenvalue weighted by atomic mass is 32.1. The lowest BCUT2D eigenvalue weighted by Crippen LogP contribution is -2.29. The molecule has 1 aliphatic rings. The summed E-state index contributed by atoms with van der Waals surface area (Å²) in [5.41, 5.74) is 4.10. The van der Waals surface area contributed by atoms with Crippen LogP contribution in [0, 0.1) is 0 Å². The Morgan fingerprint density at radius 2 is 1.88 bits per heavy atom. The molecule has 0 aliphatic carbocycles. The van der Waals surface area contributed by atoms with E-state index in [4.69, 9.17) is 9.47 Å². The molecular weight excluding hydrogens is 438 g/mol.